The van der Waals surface area contributed by atoms with Gasteiger partial charge in [0, 0.05) is 17.1 Å². The molecule has 2 aromatic rings. The topological polar surface area (TPSA) is 50.9 Å². The molecule has 1 aromatic heterocycles. The van der Waals surface area contributed by atoms with E-state index in [2.05, 4.69) is 26.2 Å². The summed E-state index contributed by atoms with van der Waals surface area (Å²) >= 11 is 3.13. The number of benzene rings is 1. The maximum absolute atomic E-state index is 12.7. The normalized spacial score (nSPS) is 13.6. The minimum atomic E-state index is -4.46. The zero-order valence-corrected chi connectivity index (χ0v) is 11.3. The highest BCUT2D eigenvalue weighted by Gasteiger charge is 2.32. The molecule has 2 rings (SSSR count). The number of nitrogens with zero attached hydrogens (tertiary/aromatic N) is 3. The van der Waals surface area contributed by atoms with E-state index in [4.69, 9.17) is 0 Å². The molecule has 1 unspecified atom stereocenters. The first-order valence-corrected chi connectivity index (χ1v) is 5.99. The molecule has 4 nitrogen and oxygen atoms in total. The number of aryl methyl sites for hydroxylation is 1. The Hall–Kier alpha value is -1.41. The molecule has 0 spiro atoms. The number of aliphatic hydroxyl groups excluding tert-OH is 1. The van der Waals surface area contributed by atoms with E-state index in [1.807, 2.05) is 0 Å². The van der Waals surface area contributed by atoms with Gasteiger partial charge in [-0.25, -0.2) is 4.68 Å². The van der Waals surface area contributed by atoms with E-state index < -0.39 is 17.8 Å². The first-order chi connectivity index (χ1) is 8.80. The van der Waals surface area contributed by atoms with E-state index in [1.165, 1.54) is 16.9 Å². The molecule has 1 aromatic carbocycles. The second-order valence-corrected chi connectivity index (χ2v) is 4.77. The lowest BCUT2D eigenvalue weighted by Gasteiger charge is -2.15. The number of hydrogen-bond acceptors (Lipinski definition) is 3. The Labute approximate surface area is 115 Å². The fraction of sp³-hybridized carbons (Fsp3) is 0.273. The first-order valence-electron chi connectivity index (χ1n) is 5.20. The molecule has 0 aliphatic rings. The summed E-state index contributed by atoms with van der Waals surface area (Å²) in [6, 6.07) is 3.11. The lowest BCUT2D eigenvalue weighted by atomic mass is 10.0. The number of halogens is 4. The van der Waals surface area contributed by atoms with Crippen LogP contribution in [0.2, 0.25) is 0 Å². The van der Waals surface area contributed by atoms with Crippen molar-refractivity contribution in [2.24, 2.45) is 7.05 Å². The van der Waals surface area contributed by atoms with Gasteiger partial charge in [0.1, 0.15) is 6.10 Å². The number of rotatable bonds is 2. The smallest absolute Gasteiger partial charge is 0.382 e. The molecule has 19 heavy (non-hydrogen) atoms. The largest absolute Gasteiger partial charge is 0.416 e. The van der Waals surface area contributed by atoms with Crippen LogP contribution < -0.4 is 0 Å². The van der Waals surface area contributed by atoms with Gasteiger partial charge in [-0.1, -0.05) is 21.1 Å². The Kier molecular flexibility index (Phi) is 3.64. The third-order valence-electron chi connectivity index (χ3n) is 2.65. The third-order valence-corrected chi connectivity index (χ3v) is 3.37. The van der Waals surface area contributed by atoms with Gasteiger partial charge >= 0.3 is 6.18 Å². The highest BCUT2D eigenvalue weighted by molar-refractivity contribution is 9.10. The fourth-order valence-corrected chi connectivity index (χ4v) is 2.10. The van der Waals surface area contributed by atoms with E-state index in [-0.39, 0.29) is 5.56 Å². The van der Waals surface area contributed by atoms with Crippen molar-refractivity contribution in [1.29, 1.82) is 0 Å². The van der Waals surface area contributed by atoms with E-state index in [0.717, 1.165) is 12.1 Å². The second kappa shape index (κ2) is 4.93. The molecule has 8 heteroatoms. The highest BCUT2D eigenvalue weighted by atomic mass is 79.9. The number of alkyl halides is 3. The molecule has 0 amide bonds. The molecule has 0 radical (unpaired) electrons. The van der Waals surface area contributed by atoms with Gasteiger partial charge in [-0.3, -0.25) is 0 Å². The predicted molar refractivity (Wildman–Crippen MR) is 64.2 cm³/mol. The maximum atomic E-state index is 12.7. The summed E-state index contributed by atoms with van der Waals surface area (Å²) in [5.74, 6) is 0. The van der Waals surface area contributed by atoms with Gasteiger partial charge in [-0.05, 0) is 18.2 Å². The quantitative estimate of drug-likeness (QED) is 0.917. The van der Waals surface area contributed by atoms with E-state index in [0.29, 0.717) is 10.2 Å². The van der Waals surface area contributed by atoms with Crippen molar-refractivity contribution < 1.29 is 18.3 Å². The Bertz CT molecular complexity index is 597. The average molecular weight is 336 g/mol. The zero-order valence-electron chi connectivity index (χ0n) is 9.69. The van der Waals surface area contributed by atoms with Crippen LogP contribution in [0.15, 0.2) is 28.9 Å². The molecule has 0 saturated heterocycles. The molecule has 0 bridgehead atoms. The lowest BCUT2D eigenvalue weighted by Crippen LogP contribution is -2.10. The minimum absolute atomic E-state index is 0.111. The molecule has 0 aliphatic heterocycles. The van der Waals surface area contributed by atoms with Gasteiger partial charge in [-0.15, -0.1) is 5.10 Å². The van der Waals surface area contributed by atoms with Gasteiger partial charge in [0.2, 0.25) is 0 Å². The van der Waals surface area contributed by atoms with Crippen LogP contribution in [0, 0.1) is 0 Å². The fourth-order valence-electron chi connectivity index (χ4n) is 1.63. The van der Waals surface area contributed by atoms with E-state index in [9.17, 15) is 18.3 Å². The summed E-state index contributed by atoms with van der Waals surface area (Å²) in [7, 11) is 1.55. The lowest BCUT2D eigenvalue weighted by molar-refractivity contribution is -0.137. The Morgan fingerprint density at radius 1 is 1.37 bits per heavy atom. The minimum Gasteiger partial charge on any atom is -0.382 e. The van der Waals surface area contributed by atoms with Crippen molar-refractivity contribution in [3.8, 4) is 0 Å². The molecule has 1 N–H and O–H groups in total. The summed E-state index contributed by atoms with van der Waals surface area (Å²) in [6.07, 6.45) is -4.39. The maximum Gasteiger partial charge on any atom is 0.416 e. The van der Waals surface area contributed by atoms with Crippen molar-refractivity contribution in [2.45, 2.75) is 12.3 Å². The summed E-state index contributed by atoms with van der Waals surface area (Å²) in [4.78, 5) is 0. The predicted octanol–water partition coefficient (Wildman–Crippen LogP) is 2.68. The Morgan fingerprint density at radius 2 is 2.05 bits per heavy atom. The van der Waals surface area contributed by atoms with Gasteiger partial charge in [0.15, 0.2) is 0 Å². The second-order valence-electron chi connectivity index (χ2n) is 3.92. The number of aliphatic hydroxyl groups is 1. The van der Waals surface area contributed by atoms with Crippen LogP contribution >= 0.6 is 15.9 Å². The van der Waals surface area contributed by atoms with Crippen LogP contribution in [0.3, 0.4) is 0 Å². The van der Waals surface area contributed by atoms with Crippen LogP contribution in [0.4, 0.5) is 13.2 Å². The van der Waals surface area contributed by atoms with E-state index >= 15 is 0 Å². The van der Waals surface area contributed by atoms with Crippen LogP contribution in [0.25, 0.3) is 0 Å². The molecular formula is C11H9BrF3N3O. The molecule has 0 saturated carbocycles. The van der Waals surface area contributed by atoms with Gasteiger partial charge < -0.3 is 5.11 Å². The average Bonchev–Trinajstić information content (AvgIpc) is 2.73. The third kappa shape index (κ3) is 2.79. The van der Waals surface area contributed by atoms with Gasteiger partial charge in [0.25, 0.3) is 0 Å². The van der Waals surface area contributed by atoms with Gasteiger partial charge in [0.05, 0.1) is 17.5 Å². The van der Waals surface area contributed by atoms with E-state index in [1.54, 1.807) is 7.05 Å². The summed E-state index contributed by atoms with van der Waals surface area (Å²) < 4.78 is 39.7. The first kappa shape index (κ1) is 14.0. The van der Waals surface area contributed by atoms with Crippen LogP contribution in [-0.2, 0) is 13.2 Å². The van der Waals surface area contributed by atoms with Crippen molar-refractivity contribution in [3.05, 3.63) is 45.7 Å². The van der Waals surface area contributed by atoms with Crippen LogP contribution in [0.1, 0.15) is 22.9 Å². The molecule has 102 valence electrons. The number of aromatic nitrogens is 3. The summed E-state index contributed by atoms with van der Waals surface area (Å²) in [5.41, 5.74) is -0.403. The monoisotopic (exact) mass is 335 g/mol. The Morgan fingerprint density at radius 3 is 2.58 bits per heavy atom. The van der Waals surface area contributed by atoms with Crippen molar-refractivity contribution >= 4 is 15.9 Å². The SMILES string of the molecule is Cn1nncc1C(O)c1cc(C(F)(F)F)ccc1Br. The Balaban J connectivity index is 2.47. The van der Waals surface area contributed by atoms with Gasteiger partial charge in [-0.2, -0.15) is 13.2 Å². The molecule has 0 aliphatic carbocycles. The number of hydrogen-bond donors (Lipinski definition) is 1. The van der Waals surface area contributed by atoms with Crippen LogP contribution in [-0.4, -0.2) is 20.1 Å². The van der Waals surface area contributed by atoms with Crippen LogP contribution in [0.5, 0.6) is 0 Å². The van der Waals surface area contributed by atoms with Crippen molar-refractivity contribution in [3.63, 3.8) is 0 Å². The van der Waals surface area contributed by atoms with Crippen molar-refractivity contribution in [1.82, 2.24) is 15.0 Å². The molecule has 1 heterocycles. The molecule has 0 fully saturated rings. The summed E-state index contributed by atoms with van der Waals surface area (Å²) in [5, 5.41) is 17.4. The summed E-state index contributed by atoms with van der Waals surface area (Å²) in [6.45, 7) is 0. The highest BCUT2D eigenvalue weighted by Crippen LogP contribution is 2.35. The standard InChI is InChI=1S/C11H9BrF3N3O/c1-18-9(5-16-17-18)10(19)7-4-6(11(13,14)15)2-3-8(7)12/h2-5,10,19H,1H3. The zero-order chi connectivity index (χ0) is 14.2. The molecule has 1 atom stereocenters. The van der Waals surface area contributed by atoms with Crippen molar-refractivity contribution in [2.75, 3.05) is 0 Å². The molecular weight excluding hydrogens is 327 g/mol.